The van der Waals surface area contributed by atoms with E-state index in [4.69, 9.17) is 0 Å². The lowest BCUT2D eigenvalue weighted by Crippen LogP contribution is -2.38. The van der Waals surface area contributed by atoms with Crippen molar-refractivity contribution in [3.63, 3.8) is 0 Å². The third kappa shape index (κ3) is 2.84. The Morgan fingerprint density at radius 3 is 2.50 bits per heavy atom. The molecular formula is C11H19NO2. The lowest BCUT2D eigenvalue weighted by molar-refractivity contribution is -0.114. The van der Waals surface area contributed by atoms with Gasteiger partial charge in [0.1, 0.15) is 0 Å². The molecule has 0 saturated carbocycles. The average molecular weight is 197 g/mol. The van der Waals surface area contributed by atoms with E-state index in [0.717, 1.165) is 25.0 Å². The number of hydrogen-bond acceptors (Lipinski definition) is 3. The highest BCUT2D eigenvalue weighted by Crippen LogP contribution is 2.16. The molecule has 2 N–H and O–H groups in total. The number of rotatable bonds is 5. The summed E-state index contributed by atoms with van der Waals surface area (Å²) >= 11 is 0. The number of carbonyl (C=O) groups excluding carboxylic acids is 1. The first-order valence-electron chi connectivity index (χ1n) is 5.29. The molecule has 0 aromatic heterocycles. The van der Waals surface area contributed by atoms with E-state index in [9.17, 15) is 9.90 Å². The minimum absolute atomic E-state index is 0.184. The highest BCUT2D eigenvalue weighted by Gasteiger charge is 2.22. The number of carbonyl (C=O) groups is 1. The molecule has 0 spiro atoms. The minimum Gasteiger partial charge on any atom is -0.388 e. The normalized spacial score (nSPS) is 17.1. The zero-order chi connectivity index (χ0) is 10.6. The first-order chi connectivity index (χ1) is 6.59. The van der Waals surface area contributed by atoms with Crippen LogP contribution in [0.4, 0.5) is 0 Å². The van der Waals surface area contributed by atoms with Crippen molar-refractivity contribution in [2.75, 3.05) is 6.54 Å². The maximum absolute atomic E-state index is 10.9. The van der Waals surface area contributed by atoms with Crippen molar-refractivity contribution in [3.8, 4) is 0 Å². The zero-order valence-electron chi connectivity index (χ0n) is 8.97. The number of allylic oxidation sites excluding steroid dienone is 2. The van der Waals surface area contributed by atoms with Crippen LogP contribution in [0.1, 0.15) is 39.5 Å². The van der Waals surface area contributed by atoms with Crippen LogP contribution in [-0.2, 0) is 4.79 Å². The maximum Gasteiger partial charge on any atom is 0.157 e. The van der Waals surface area contributed by atoms with Gasteiger partial charge in [0.25, 0.3) is 0 Å². The summed E-state index contributed by atoms with van der Waals surface area (Å²) in [6.07, 6.45) is 4.52. The van der Waals surface area contributed by atoms with Crippen molar-refractivity contribution < 1.29 is 9.90 Å². The number of aliphatic hydroxyl groups is 1. The fourth-order valence-corrected chi connectivity index (χ4v) is 1.51. The largest absolute Gasteiger partial charge is 0.388 e. The zero-order valence-corrected chi connectivity index (χ0v) is 8.97. The van der Waals surface area contributed by atoms with Crippen molar-refractivity contribution in [2.45, 2.75) is 45.1 Å². The molecule has 1 aliphatic carbocycles. The van der Waals surface area contributed by atoms with E-state index in [-0.39, 0.29) is 5.78 Å². The summed E-state index contributed by atoms with van der Waals surface area (Å²) in [6.45, 7) is 4.48. The van der Waals surface area contributed by atoms with Crippen LogP contribution in [0, 0.1) is 0 Å². The molecular weight excluding hydrogens is 178 g/mol. The summed E-state index contributed by atoms with van der Waals surface area (Å²) < 4.78 is 0. The smallest absolute Gasteiger partial charge is 0.157 e. The van der Waals surface area contributed by atoms with E-state index in [1.807, 2.05) is 13.8 Å². The Morgan fingerprint density at radius 2 is 2.07 bits per heavy atom. The molecule has 0 saturated heterocycles. The van der Waals surface area contributed by atoms with Gasteiger partial charge in [0.15, 0.2) is 5.78 Å². The third-order valence-electron chi connectivity index (χ3n) is 2.94. The van der Waals surface area contributed by atoms with Crippen molar-refractivity contribution in [1.82, 2.24) is 5.32 Å². The molecule has 0 atom stereocenters. The van der Waals surface area contributed by atoms with Gasteiger partial charge in [0.2, 0.25) is 0 Å². The van der Waals surface area contributed by atoms with Crippen LogP contribution in [0.5, 0.6) is 0 Å². The van der Waals surface area contributed by atoms with Crippen LogP contribution in [0.3, 0.4) is 0 Å². The summed E-state index contributed by atoms with van der Waals surface area (Å²) in [6, 6.07) is 0. The van der Waals surface area contributed by atoms with Crippen molar-refractivity contribution in [1.29, 1.82) is 0 Å². The maximum atomic E-state index is 10.9. The van der Waals surface area contributed by atoms with Crippen LogP contribution < -0.4 is 5.32 Å². The molecule has 3 nitrogen and oxygen atoms in total. The summed E-state index contributed by atoms with van der Waals surface area (Å²) in [4.78, 5) is 10.9. The van der Waals surface area contributed by atoms with Gasteiger partial charge in [-0.15, -0.1) is 0 Å². The molecule has 0 unspecified atom stereocenters. The van der Waals surface area contributed by atoms with Crippen LogP contribution in [-0.4, -0.2) is 23.0 Å². The van der Waals surface area contributed by atoms with Gasteiger partial charge in [-0.2, -0.15) is 0 Å². The van der Waals surface area contributed by atoms with Gasteiger partial charge in [-0.3, -0.25) is 4.79 Å². The molecule has 0 aromatic rings. The molecule has 0 heterocycles. The number of nitrogens with one attached hydrogen (secondary N) is 1. The fourth-order valence-electron chi connectivity index (χ4n) is 1.51. The van der Waals surface area contributed by atoms with Crippen molar-refractivity contribution in [3.05, 3.63) is 11.8 Å². The summed E-state index contributed by atoms with van der Waals surface area (Å²) in [7, 11) is 0. The highest BCUT2D eigenvalue weighted by atomic mass is 16.3. The second-order valence-corrected chi connectivity index (χ2v) is 3.92. The van der Waals surface area contributed by atoms with E-state index in [1.54, 1.807) is 6.08 Å². The van der Waals surface area contributed by atoms with Crippen LogP contribution in [0.15, 0.2) is 11.8 Å². The number of ketones is 1. The SMILES string of the molecule is CCC(O)(CC)CNC1=CC(=O)CC1. The molecule has 0 radical (unpaired) electrons. The third-order valence-corrected chi connectivity index (χ3v) is 2.94. The Bertz CT molecular complexity index is 242. The van der Waals surface area contributed by atoms with Gasteiger partial charge in [-0.25, -0.2) is 0 Å². The van der Waals surface area contributed by atoms with Gasteiger partial charge >= 0.3 is 0 Å². The summed E-state index contributed by atoms with van der Waals surface area (Å²) in [5.74, 6) is 0.184. The topological polar surface area (TPSA) is 49.3 Å². The van der Waals surface area contributed by atoms with Gasteiger partial charge in [0.05, 0.1) is 5.60 Å². The van der Waals surface area contributed by atoms with Gasteiger partial charge in [0, 0.05) is 24.7 Å². The van der Waals surface area contributed by atoms with Gasteiger partial charge in [-0.1, -0.05) is 13.8 Å². The van der Waals surface area contributed by atoms with E-state index < -0.39 is 5.60 Å². The summed E-state index contributed by atoms with van der Waals surface area (Å²) in [5.41, 5.74) is 0.335. The lowest BCUT2D eigenvalue weighted by Gasteiger charge is -2.26. The average Bonchev–Trinajstić information content (AvgIpc) is 2.61. The molecule has 0 aliphatic heterocycles. The Labute approximate surface area is 85.2 Å². The Kier molecular flexibility index (Phi) is 3.69. The monoisotopic (exact) mass is 197 g/mol. The molecule has 0 aromatic carbocycles. The molecule has 1 rings (SSSR count). The quantitative estimate of drug-likeness (QED) is 0.700. The molecule has 0 fully saturated rings. The fraction of sp³-hybridized carbons (Fsp3) is 0.727. The molecule has 14 heavy (non-hydrogen) atoms. The van der Waals surface area contributed by atoms with Crippen LogP contribution in [0.2, 0.25) is 0 Å². The second-order valence-electron chi connectivity index (χ2n) is 3.92. The van der Waals surface area contributed by atoms with Crippen LogP contribution in [0.25, 0.3) is 0 Å². The molecule has 80 valence electrons. The van der Waals surface area contributed by atoms with E-state index >= 15 is 0 Å². The molecule has 1 aliphatic rings. The van der Waals surface area contributed by atoms with E-state index in [1.165, 1.54) is 0 Å². The van der Waals surface area contributed by atoms with Gasteiger partial charge in [-0.05, 0) is 19.3 Å². The Hall–Kier alpha value is -0.830. The second kappa shape index (κ2) is 4.60. The Balaban J connectivity index is 2.40. The molecule has 3 heteroatoms. The number of hydrogen-bond donors (Lipinski definition) is 2. The lowest BCUT2D eigenvalue weighted by atomic mass is 9.97. The summed E-state index contributed by atoms with van der Waals surface area (Å²) in [5, 5.41) is 13.1. The van der Waals surface area contributed by atoms with E-state index in [2.05, 4.69) is 5.32 Å². The molecule has 0 amide bonds. The molecule has 0 bridgehead atoms. The minimum atomic E-state index is -0.632. The van der Waals surface area contributed by atoms with E-state index in [0.29, 0.717) is 13.0 Å². The predicted molar refractivity (Wildman–Crippen MR) is 55.9 cm³/mol. The predicted octanol–water partition coefficient (Wildman–Crippen LogP) is 1.37. The standard InChI is InChI=1S/C11H19NO2/c1-3-11(14,4-2)8-12-9-5-6-10(13)7-9/h7,12,14H,3-6,8H2,1-2H3. The Morgan fingerprint density at radius 1 is 1.43 bits per heavy atom. The van der Waals surface area contributed by atoms with Crippen molar-refractivity contribution in [2.24, 2.45) is 0 Å². The van der Waals surface area contributed by atoms with Gasteiger partial charge < -0.3 is 10.4 Å². The first kappa shape index (κ1) is 11.2. The van der Waals surface area contributed by atoms with Crippen molar-refractivity contribution >= 4 is 5.78 Å². The first-order valence-corrected chi connectivity index (χ1v) is 5.29. The van der Waals surface area contributed by atoms with Crippen LogP contribution >= 0.6 is 0 Å². The highest BCUT2D eigenvalue weighted by molar-refractivity contribution is 5.92.